The van der Waals surface area contributed by atoms with Gasteiger partial charge in [-0.25, -0.2) is 0 Å². The van der Waals surface area contributed by atoms with Crippen LogP contribution in [0.4, 0.5) is 0 Å². The first kappa shape index (κ1) is 18.7. The second-order valence-electron chi connectivity index (χ2n) is 6.07. The van der Waals surface area contributed by atoms with E-state index in [0.29, 0.717) is 6.42 Å². The van der Waals surface area contributed by atoms with Crippen molar-refractivity contribution in [3.63, 3.8) is 0 Å². The van der Waals surface area contributed by atoms with Crippen molar-refractivity contribution in [1.82, 2.24) is 4.57 Å². The summed E-state index contributed by atoms with van der Waals surface area (Å²) in [4.78, 5) is 23.6. The number of nitrogens with two attached hydrogens (primary N) is 1. The molecule has 0 saturated carbocycles. The number of benzene rings is 1. The molecule has 0 bridgehead atoms. The molecule has 2 unspecified atom stereocenters. The minimum Gasteiger partial charge on any atom is -0.480 e. The van der Waals surface area contributed by atoms with Gasteiger partial charge in [0.05, 0.1) is 18.7 Å². The minimum atomic E-state index is -1.06. The van der Waals surface area contributed by atoms with Crippen LogP contribution in [0.2, 0.25) is 0 Å². The van der Waals surface area contributed by atoms with Crippen LogP contribution in [-0.4, -0.2) is 38.9 Å². The number of aromatic nitrogens is 1. The first-order valence-corrected chi connectivity index (χ1v) is 8.23. The van der Waals surface area contributed by atoms with Crippen LogP contribution in [0.25, 0.3) is 10.9 Å². The second kappa shape index (κ2) is 8.43. The number of oxime groups is 1. The van der Waals surface area contributed by atoms with Gasteiger partial charge in [-0.05, 0) is 18.1 Å². The molecule has 1 aromatic carbocycles. The van der Waals surface area contributed by atoms with E-state index in [1.165, 1.54) is 6.21 Å². The number of hydrogen-bond donors (Lipinski definition) is 3. The fraction of sp³-hybridized carbons (Fsp3) is 0.389. The minimum absolute atomic E-state index is 0.0607. The number of carbonyl (C=O) groups excluding carboxylic acids is 1. The van der Waals surface area contributed by atoms with Gasteiger partial charge in [0.15, 0.2) is 5.78 Å². The lowest BCUT2D eigenvalue weighted by molar-refractivity contribution is -0.138. The van der Waals surface area contributed by atoms with Gasteiger partial charge in [0.1, 0.15) is 6.04 Å². The average molecular weight is 345 g/mol. The molecule has 2 rings (SSSR count). The van der Waals surface area contributed by atoms with Crippen LogP contribution in [0.15, 0.2) is 35.6 Å². The summed E-state index contributed by atoms with van der Waals surface area (Å²) >= 11 is 0. The Bertz CT molecular complexity index is 782. The first-order chi connectivity index (χ1) is 12.0. The molecule has 0 fully saturated rings. The number of fused-ring (bicyclic) bond motifs is 1. The zero-order valence-corrected chi connectivity index (χ0v) is 14.1. The van der Waals surface area contributed by atoms with Crippen LogP contribution >= 0.6 is 0 Å². The van der Waals surface area contributed by atoms with E-state index in [-0.39, 0.29) is 18.7 Å². The van der Waals surface area contributed by atoms with Crippen molar-refractivity contribution < 1.29 is 19.9 Å². The maximum Gasteiger partial charge on any atom is 0.320 e. The first-order valence-electron chi connectivity index (χ1n) is 8.23. The highest BCUT2D eigenvalue weighted by molar-refractivity contribution is 5.95. The molecule has 1 aromatic heterocycles. The van der Waals surface area contributed by atoms with E-state index in [0.717, 1.165) is 22.9 Å². The van der Waals surface area contributed by atoms with E-state index in [4.69, 9.17) is 16.0 Å². The Hall–Kier alpha value is -2.67. The molecule has 4 N–H and O–H groups in total. The van der Waals surface area contributed by atoms with Crippen molar-refractivity contribution in [2.45, 2.75) is 38.8 Å². The number of aliphatic carboxylic acids is 1. The molecule has 0 aliphatic carbocycles. The van der Waals surface area contributed by atoms with Crippen molar-refractivity contribution in [2.24, 2.45) is 16.8 Å². The normalized spacial score (nSPS) is 14.0. The molecule has 7 heteroatoms. The SMILES string of the molecule is CCCC(/C=N/O)C(=O)Cn1cc(CC(N)C(=O)O)c2ccccc21. The van der Waals surface area contributed by atoms with Crippen molar-refractivity contribution in [1.29, 1.82) is 0 Å². The summed E-state index contributed by atoms with van der Waals surface area (Å²) in [6.07, 6.45) is 4.64. The Labute approximate surface area is 145 Å². The summed E-state index contributed by atoms with van der Waals surface area (Å²) in [5, 5.41) is 21.7. The summed E-state index contributed by atoms with van der Waals surface area (Å²) in [5.41, 5.74) is 7.30. The predicted octanol–water partition coefficient (Wildman–Crippen LogP) is 2.04. The third kappa shape index (κ3) is 4.45. The molecular weight excluding hydrogens is 322 g/mol. The fourth-order valence-corrected chi connectivity index (χ4v) is 2.94. The monoisotopic (exact) mass is 345 g/mol. The summed E-state index contributed by atoms with van der Waals surface area (Å²) in [7, 11) is 0. The smallest absolute Gasteiger partial charge is 0.320 e. The Morgan fingerprint density at radius 1 is 1.36 bits per heavy atom. The molecule has 0 aliphatic rings. The molecule has 0 radical (unpaired) electrons. The van der Waals surface area contributed by atoms with E-state index in [1.807, 2.05) is 31.2 Å². The Morgan fingerprint density at radius 3 is 2.72 bits per heavy atom. The highest BCUT2D eigenvalue weighted by Gasteiger charge is 2.20. The zero-order chi connectivity index (χ0) is 18.4. The number of rotatable bonds is 9. The molecule has 0 amide bonds. The number of para-hydroxylation sites is 1. The predicted molar refractivity (Wildman–Crippen MR) is 94.9 cm³/mol. The Kier molecular flexibility index (Phi) is 6.30. The van der Waals surface area contributed by atoms with Crippen LogP contribution in [0.3, 0.4) is 0 Å². The second-order valence-corrected chi connectivity index (χ2v) is 6.07. The van der Waals surface area contributed by atoms with Gasteiger partial charge >= 0.3 is 5.97 Å². The third-order valence-electron chi connectivity index (χ3n) is 4.21. The van der Waals surface area contributed by atoms with E-state index in [1.54, 1.807) is 10.8 Å². The maximum absolute atomic E-state index is 12.5. The summed E-state index contributed by atoms with van der Waals surface area (Å²) in [6, 6.07) is 6.50. The van der Waals surface area contributed by atoms with E-state index in [2.05, 4.69) is 5.16 Å². The fourth-order valence-electron chi connectivity index (χ4n) is 2.94. The van der Waals surface area contributed by atoms with Crippen molar-refractivity contribution in [3.05, 3.63) is 36.0 Å². The highest BCUT2D eigenvalue weighted by Crippen LogP contribution is 2.23. The Balaban J connectivity index is 2.32. The molecule has 25 heavy (non-hydrogen) atoms. The van der Waals surface area contributed by atoms with Crippen LogP contribution < -0.4 is 5.73 Å². The summed E-state index contributed by atoms with van der Waals surface area (Å²) < 4.78 is 1.80. The number of hydrogen-bond acceptors (Lipinski definition) is 5. The van der Waals surface area contributed by atoms with E-state index < -0.39 is 17.9 Å². The maximum atomic E-state index is 12.5. The molecule has 1 heterocycles. The molecule has 0 spiro atoms. The van der Waals surface area contributed by atoms with Crippen LogP contribution in [0.5, 0.6) is 0 Å². The molecular formula is C18H23N3O4. The average Bonchev–Trinajstić information content (AvgIpc) is 2.92. The number of Topliss-reactive ketones (excluding diaryl/α,β-unsaturated/α-hetero) is 1. The number of ketones is 1. The molecule has 2 atom stereocenters. The molecule has 134 valence electrons. The van der Waals surface area contributed by atoms with Crippen molar-refractivity contribution >= 4 is 28.9 Å². The Morgan fingerprint density at radius 2 is 2.08 bits per heavy atom. The van der Waals surface area contributed by atoms with Crippen LogP contribution in [-0.2, 0) is 22.6 Å². The molecule has 0 aliphatic heterocycles. The van der Waals surface area contributed by atoms with Gasteiger partial charge in [0, 0.05) is 23.5 Å². The quantitative estimate of drug-likeness (QED) is 0.365. The highest BCUT2D eigenvalue weighted by atomic mass is 16.4. The number of carbonyl (C=O) groups is 2. The number of carboxylic acid groups (broad SMARTS) is 1. The molecule has 2 aromatic rings. The van der Waals surface area contributed by atoms with Gasteiger partial charge < -0.3 is 20.6 Å². The van der Waals surface area contributed by atoms with E-state index >= 15 is 0 Å². The topological polar surface area (TPSA) is 118 Å². The lowest BCUT2D eigenvalue weighted by Crippen LogP contribution is -2.32. The number of carboxylic acids is 1. The molecule has 0 saturated heterocycles. The van der Waals surface area contributed by atoms with Gasteiger partial charge in [-0.3, -0.25) is 9.59 Å². The van der Waals surface area contributed by atoms with E-state index in [9.17, 15) is 9.59 Å². The number of nitrogens with zero attached hydrogens (tertiary/aromatic N) is 2. The van der Waals surface area contributed by atoms with Crippen LogP contribution in [0.1, 0.15) is 25.3 Å². The lowest BCUT2D eigenvalue weighted by atomic mass is 10.00. The largest absolute Gasteiger partial charge is 0.480 e. The zero-order valence-electron chi connectivity index (χ0n) is 14.1. The summed E-state index contributed by atoms with van der Waals surface area (Å²) in [6.45, 7) is 2.08. The lowest BCUT2D eigenvalue weighted by Gasteiger charge is -2.10. The third-order valence-corrected chi connectivity index (χ3v) is 4.21. The van der Waals surface area contributed by atoms with Gasteiger partial charge in [0.2, 0.25) is 0 Å². The van der Waals surface area contributed by atoms with Crippen LogP contribution in [0, 0.1) is 5.92 Å². The standard InChI is InChI=1S/C18H23N3O4/c1-2-5-12(9-20-25)17(22)11-21-10-13(8-15(19)18(23)24)14-6-3-4-7-16(14)21/h3-4,6-7,9-10,12,15,25H,2,5,8,11,19H2,1H3,(H,23,24)/b20-9+. The van der Waals surface area contributed by atoms with Gasteiger partial charge in [-0.15, -0.1) is 5.16 Å². The van der Waals surface area contributed by atoms with Gasteiger partial charge in [-0.2, -0.15) is 0 Å². The van der Waals surface area contributed by atoms with Gasteiger partial charge in [0.25, 0.3) is 0 Å². The molecule has 7 nitrogen and oxygen atoms in total. The van der Waals surface area contributed by atoms with Crippen molar-refractivity contribution in [2.75, 3.05) is 0 Å². The van der Waals surface area contributed by atoms with Crippen molar-refractivity contribution in [3.8, 4) is 0 Å². The van der Waals surface area contributed by atoms with Gasteiger partial charge in [-0.1, -0.05) is 31.5 Å². The summed E-state index contributed by atoms with van der Waals surface area (Å²) in [5.74, 6) is -1.56.